The van der Waals surface area contributed by atoms with Gasteiger partial charge in [-0.3, -0.25) is 0 Å². The van der Waals surface area contributed by atoms with Gasteiger partial charge in [-0.15, -0.1) is 0 Å². The van der Waals surface area contributed by atoms with E-state index in [9.17, 15) is 4.79 Å². The molecular formula is C16H22N2O3. The fourth-order valence-corrected chi connectivity index (χ4v) is 3.19. The zero-order chi connectivity index (χ0) is 15.0. The number of rotatable bonds is 2. The smallest absolute Gasteiger partial charge is 0.410 e. The van der Waals surface area contributed by atoms with Gasteiger partial charge in [0.2, 0.25) is 5.88 Å². The molecule has 1 amide bonds. The lowest BCUT2D eigenvalue weighted by Gasteiger charge is -2.34. The van der Waals surface area contributed by atoms with E-state index in [0.717, 1.165) is 19.4 Å². The Morgan fingerprint density at radius 3 is 2.76 bits per heavy atom. The first-order chi connectivity index (χ1) is 9.92. The average Bonchev–Trinajstić information content (AvgIpc) is 2.97. The van der Waals surface area contributed by atoms with Gasteiger partial charge in [-0.25, -0.2) is 9.78 Å². The second-order valence-electron chi connectivity index (χ2n) is 6.86. The third-order valence-electron chi connectivity index (χ3n) is 3.96. The molecule has 2 aliphatic rings. The van der Waals surface area contributed by atoms with E-state index in [0.29, 0.717) is 11.8 Å². The Labute approximate surface area is 125 Å². The van der Waals surface area contributed by atoms with Crippen LogP contribution in [0.5, 0.6) is 5.88 Å². The first-order valence-corrected chi connectivity index (χ1v) is 7.50. The van der Waals surface area contributed by atoms with Crippen molar-refractivity contribution in [2.45, 2.75) is 51.4 Å². The number of fused-ring (bicyclic) bond motifs is 2. The van der Waals surface area contributed by atoms with Gasteiger partial charge in [0.1, 0.15) is 11.7 Å². The fourth-order valence-electron chi connectivity index (χ4n) is 3.19. The lowest BCUT2D eigenvalue weighted by atomic mass is 10.1. The summed E-state index contributed by atoms with van der Waals surface area (Å²) in [6, 6.07) is 5.72. The van der Waals surface area contributed by atoms with Crippen molar-refractivity contribution in [1.82, 2.24) is 9.88 Å². The maximum atomic E-state index is 12.3. The predicted octanol–water partition coefficient (Wildman–Crippen LogP) is 2.86. The normalized spacial score (nSPS) is 27.8. The van der Waals surface area contributed by atoms with Crippen molar-refractivity contribution >= 4 is 6.09 Å². The molecule has 0 N–H and O–H groups in total. The average molecular weight is 290 g/mol. The third kappa shape index (κ3) is 3.12. The second-order valence-corrected chi connectivity index (χ2v) is 6.86. The number of nitrogens with zero attached hydrogens (tertiary/aromatic N) is 2. The molecule has 1 aliphatic carbocycles. The molecule has 0 unspecified atom stereocenters. The maximum Gasteiger partial charge on any atom is 0.410 e. The summed E-state index contributed by atoms with van der Waals surface area (Å²) < 4.78 is 11.4. The van der Waals surface area contributed by atoms with Gasteiger partial charge >= 0.3 is 6.09 Å². The third-order valence-corrected chi connectivity index (χ3v) is 3.96. The van der Waals surface area contributed by atoms with Crippen LogP contribution in [-0.2, 0) is 4.74 Å². The molecule has 5 nitrogen and oxygen atoms in total. The number of pyridine rings is 1. The van der Waals surface area contributed by atoms with Gasteiger partial charge in [-0.05, 0) is 45.6 Å². The van der Waals surface area contributed by atoms with Gasteiger partial charge in [0.05, 0.1) is 6.04 Å². The highest BCUT2D eigenvalue weighted by Gasteiger charge is 2.49. The molecule has 21 heavy (non-hydrogen) atoms. The summed E-state index contributed by atoms with van der Waals surface area (Å²) in [5, 5.41) is 0. The van der Waals surface area contributed by atoms with E-state index in [1.807, 2.05) is 43.9 Å². The molecule has 1 saturated heterocycles. The van der Waals surface area contributed by atoms with Crippen LogP contribution in [-0.4, -0.2) is 40.3 Å². The van der Waals surface area contributed by atoms with Gasteiger partial charge in [0.15, 0.2) is 0 Å². The van der Waals surface area contributed by atoms with Crippen LogP contribution in [0, 0.1) is 5.92 Å². The molecular weight excluding hydrogens is 268 g/mol. The molecule has 0 aromatic carbocycles. The number of ether oxygens (including phenoxy) is 2. The van der Waals surface area contributed by atoms with Crippen molar-refractivity contribution < 1.29 is 14.3 Å². The molecule has 0 radical (unpaired) electrons. The topological polar surface area (TPSA) is 51.7 Å². The summed E-state index contributed by atoms with van der Waals surface area (Å²) >= 11 is 0. The van der Waals surface area contributed by atoms with E-state index in [4.69, 9.17) is 9.47 Å². The second kappa shape index (κ2) is 5.20. The van der Waals surface area contributed by atoms with Gasteiger partial charge in [-0.1, -0.05) is 6.07 Å². The molecule has 114 valence electrons. The van der Waals surface area contributed by atoms with E-state index in [1.54, 1.807) is 6.20 Å². The quantitative estimate of drug-likeness (QED) is 0.840. The van der Waals surface area contributed by atoms with Crippen molar-refractivity contribution in [3.05, 3.63) is 24.4 Å². The van der Waals surface area contributed by atoms with Crippen LogP contribution in [0.4, 0.5) is 4.79 Å². The lowest BCUT2D eigenvalue weighted by molar-refractivity contribution is 0.00213. The summed E-state index contributed by atoms with van der Waals surface area (Å²) in [4.78, 5) is 18.3. The van der Waals surface area contributed by atoms with Crippen LogP contribution in [0.1, 0.15) is 33.6 Å². The SMILES string of the molecule is CC(C)(C)OC(=O)N1C[C@H]2C[C@@H](Oc3ccccn3)[C@@H]1C2. The highest BCUT2D eigenvalue weighted by Crippen LogP contribution is 2.40. The number of hydrogen-bond acceptors (Lipinski definition) is 4. The minimum absolute atomic E-state index is 0.0196. The monoisotopic (exact) mass is 290 g/mol. The number of aromatic nitrogens is 1. The van der Waals surface area contributed by atoms with Crippen molar-refractivity contribution in [2.75, 3.05) is 6.54 Å². The Morgan fingerprint density at radius 2 is 2.14 bits per heavy atom. The van der Waals surface area contributed by atoms with Gasteiger partial charge in [-0.2, -0.15) is 0 Å². The number of carbonyl (C=O) groups is 1. The van der Waals surface area contributed by atoms with Crippen molar-refractivity contribution in [3.63, 3.8) is 0 Å². The van der Waals surface area contributed by atoms with Crippen molar-refractivity contribution in [1.29, 1.82) is 0 Å². The Bertz CT molecular complexity index is 512. The molecule has 1 aliphatic heterocycles. The largest absolute Gasteiger partial charge is 0.472 e. The summed E-state index contributed by atoms with van der Waals surface area (Å²) in [5.74, 6) is 1.13. The molecule has 2 bridgehead atoms. The highest BCUT2D eigenvalue weighted by molar-refractivity contribution is 5.69. The van der Waals surface area contributed by atoms with Gasteiger partial charge in [0, 0.05) is 18.8 Å². The van der Waals surface area contributed by atoms with E-state index in [1.165, 1.54) is 0 Å². The zero-order valence-corrected chi connectivity index (χ0v) is 12.8. The van der Waals surface area contributed by atoms with Gasteiger partial charge < -0.3 is 14.4 Å². The van der Waals surface area contributed by atoms with E-state index in [2.05, 4.69) is 4.98 Å². The number of likely N-dealkylation sites (tertiary alicyclic amines) is 1. The number of carbonyl (C=O) groups excluding carboxylic acids is 1. The minimum Gasteiger partial charge on any atom is -0.472 e. The highest BCUT2D eigenvalue weighted by atomic mass is 16.6. The maximum absolute atomic E-state index is 12.3. The molecule has 1 aromatic heterocycles. The molecule has 0 spiro atoms. The van der Waals surface area contributed by atoms with Crippen molar-refractivity contribution in [2.24, 2.45) is 5.92 Å². The van der Waals surface area contributed by atoms with E-state index >= 15 is 0 Å². The van der Waals surface area contributed by atoms with Crippen LogP contribution in [0.3, 0.4) is 0 Å². The standard InChI is InChI=1S/C16H22N2O3/c1-16(2,3)21-15(19)18-10-11-8-12(18)13(9-11)20-14-6-4-5-7-17-14/h4-7,11-13H,8-10H2,1-3H3/t11-,12+,13-/m1/s1. The van der Waals surface area contributed by atoms with Gasteiger partial charge in [0.25, 0.3) is 0 Å². The number of piperidine rings is 1. The molecule has 2 heterocycles. The van der Waals surface area contributed by atoms with Crippen LogP contribution in [0.15, 0.2) is 24.4 Å². The summed E-state index contributed by atoms with van der Waals surface area (Å²) in [7, 11) is 0. The molecule has 3 atom stereocenters. The molecule has 5 heteroatoms. The van der Waals surface area contributed by atoms with Crippen LogP contribution in [0.25, 0.3) is 0 Å². The fraction of sp³-hybridized carbons (Fsp3) is 0.625. The Hall–Kier alpha value is -1.78. The molecule has 1 saturated carbocycles. The minimum atomic E-state index is -0.462. The van der Waals surface area contributed by atoms with Crippen LogP contribution in [0.2, 0.25) is 0 Å². The molecule has 3 rings (SSSR count). The van der Waals surface area contributed by atoms with Crippen LogP contribution >= 0.6 is 0 Å². The molecule has 2 fully saturated rings. The lowest BCUT2D eigenvalue weighted by Crippen LogP contribution is -2.48. The first-order valence-electron chi connectivity index (χ1n) is 7.50. The predicted molar refractivity (Wildman–Crippen MR) is 78.1 cm³/mol. The Kier molecular flexibility index (Phi) is 3.51. The van der Waals surface area contributed by atoms with E-state index < -0.39 is 5.60 Å². The zero-order valence-electron chi connectivity index (χ0n) is 12.8. The Morgan fingerprint density at radius 1 is 1.33 bits per heavy atom. The molecule has 1 aromatic rings. The summed E-state index contributed by atoms with van der Waals surface area (Å²) in [6.45, 7) is 6.45. The van der Waals surface area contributed by atoms with Crippen molar-refractivity contribution in [3.8, 4) is 5.88 Å². The number of amides is 1. The summed E-state index contributed by atoms with van der Waals surface area (Å²) in [5.41, 5.74) is -0.462. The van der Waals surface area contributed by atoms with E-state index in [-0.39, 0.29) is 18.2 Å². The van der Waals surface area contributed by atoms with Crippen LogP contribution < -0.4 is 4.74 Å². The Balaban J connectivity index is 1.66. The first kappa shape index (κ1) is 14.2. The number of hydrogen-bond donors (Lipinski definition) is 0. The summed E-state index contributed by atoms with van der Waals surface area (Å²) in [6.07, 6.45) is 3.49.